The molecule has 1 fully saturated rings. The number of nitrogens with zero attached hydrogens (tertiary/aromatic N) is 2. The van der Waals surface area contributed by atoms with Crippen LogP contribution in [0.4, 0.5) is 4.39 Å². The number of likely N-dealkylation sites (tertiary alicyclic amines) is 1. The highest BCUT2D eigenvalue weighted by Crippen LogP contribution is 2.23. The lowest BCUT2D eigenvalue weighted by atomic mass is 9.94. The van der Waals surface area contributed by atoms with E-state index in [2.05, 4.69) is 29.2 Å². The molecule has 0 atom stereocenters. The normalized spacial score (nSPS) is 14.9. The van der Waals surface area contributed by atoms with E-state index in [1.165, 1.54) is 11.6 Å². The third-order valence-corrected chi connectivity index (χ3v) is 6.33. The molecular weight excluding hydrogens is 399 g/mol. The van der Waals surface area contributed by atoms with E-state index >= 15 is 0 Å². The van der Waals surface area contributed by atoms with Gasteiger partial charge in [-0.15, -0.1) is 0 Å². The van der Waals surface area contributed by atoms with Crippen LogP contribution >= 0.6 is 0 Å². The second-order valence-corrected chi connectivity index (χ2v) is 8.62. The van der Waals surface area contributed by atoms with Crippen molar-refractivity contribution in [2.45, 2.75) is 32.4 Å². The van der Waals surface area contributed by atoms with Gasteiger partial charge in [0.25, 0.3) is 0 Å². The maximum Gasteiger partial charge on any atom is 0.226 e. The van der Waals surface area contributed by atoms with Crippen molar-refractivity contribution < 1.29 is 9.18 Å². The zero-order chi connectivity index (χ0) is 22.2. The zero-order valence-corrected chi connectivity index (χ0v) is 18.5. The van der Waals surface area contributed by atoms with Gasteiger partial charge in [0.15, 0.2) is 0 Å². The van der Waals surface area contributed by atoms with Crippen LogP contribution in [0, 0.1) is 11.7 Å². The van der Waals surface area contributed by atoms with Crippen LogP contribution in [-0.2, 0) is 24.3 Å². The molecule has 1 heterocycles. The molecule has 166 valence electrons. The van der Waals surface area contributed by atoms with Crippen LogP contribution in [0.3, 0.4) is 0 Å². The van der Waals surface area contributed by atoms with Crippen molar-refractivity contribution in [2.75, 3.05) is 19.6 Å². The number of amides is 1. The highest BCUT2D eigenvalue weighted by molar-refractivity contribution is 5.79. The predicted octanol–water partition coefficient (Wildman–Crippen LogP) is 5.31. The Balaban J connectivity index is 1.37. The van der Waals surface area contributed by atoms with Crippen molar-refractivity contribution in [1.29, 1.82) is 0 Å². The first kappa shape index (κ1) is 22.2. The molecule has 1 aliphatic rings. The lowest BCUT2D eigenvalue weighted by Gasteiger charge is -2.34. The average Bonchev–Trinajstić information content (AvgIpc) is 2.84. The summed E-state index contributed by atoms with van der Waals surface area (Å²) in [6.45, 7) is 3.61. The van der Waals surface area contributed by atoms with E-state index in [0.717, 1.165) is 43.5 Å². The van der Waals surface area contributed by atoms with Crippen LogP contribution in [0.25, 0.3) is 0 Å². The fraction of sp³-hybridized carbons (Fsp3) is 0.321. The van der Waals surface area contributed by atoms with Gasteiger partial charge < -0.3 is 4.90 Å². The Bertz CT molecular complexity index is 985. The van der Waals surface area contributed by atoms with E-state index in [9.17, 15) is 9.18 Å². The lowest BCUT2D eigenvalue weighted by molar-refractivity contribution is -0.137. The number of hydrogen-bond donors (Lipinski definition) is 0. The smallest absolute Gasteiger partial charge is 0.226 e. The molecule has 0 aromatic heterocycles. The molecule has 0 bridgehead atoms. The first-order chi connectivity index (χ1) is 15.7. The first-order valence-electron chi connectivity index (χ1n) is 11.5. The van der Waals surface area contributed by atoms with Gasteiger partial charge >= 0.3 is 0 Å². The van der Waals surface area contributed by atoms with Gasteiger partial charge in [-0.1, -0.05) is 78.9 Å². The fourth-order valence-corrected chi connectivity index (χ4v) is 4.44. The minimum atomic E-state index is -0.152. The molecule has 0 saturated carbocycles. The summed E-state index contributed by atoms with van der Waals surface area (Å²) in [5.41, 5.74) is 3.13. The lowest BCUT2D eigenvalue weighted by Crippen LogP contribution is -2.42. The van der Waals surface area contributed by atoms with Crippen LogP contribution in [-0.4, -0.2) is 35.3 Å². The Labute approximate surface area is 190 Å². The molecule has 3 aromatic rings. The van der Waals surface area contributed by atoms with Crippen molar-refractivity contribution in [2.24, 2.45) is 5.92 Å². The minimum Gasteiger partial charge on any atom is -0.338 e. The summed E-state index contributed by atoms with van der Waals surface area (Å²) < 4.78 is 14.0. The summed E-state index contributed by atoms with van der Waals surface area (Å²) in [5, 5.41) is 0. The Morgan fingerprint density at radius 2 is 1.44 bits per heavy atom. The van der Waals surface area contributed by atoms with Crippen LogP contribution in [0.5, 0.6) is 0 Å². The number of carbonyl (C=O) groups excluding carboxylic acids is 1. The van der Waals surface area contributed by atoms with Gasteiger partial charge in [-0.2, -0.15) is 0 Å². The van der Waals surface area contributed by atoms with Gasteiger partial charge in [-0.05, 0) is 49.5 Å². The highest BCUT2D eigenvalue weighted by atomic mass is 19.1. The Morgan fingerprint density at radius 1 is 0.844 bits per heavy atom. The van der Waals surface area contributed by atoms with Crippen LogP contribution in [0.15, 0.2) is 84.9 Å². The summed E-state index contributed by atoms with van der Waals surface area (Å²) in [6, 6.07) is 27.5. The number of hydrogen-bond acceptors (Lipinski definition) is 2. The molecule has 3 aromatic carbocycles. The standard InChI is InChI=1S/C28H31FN2O/c29-27-14-8-7-13-26(27)22-30-18-16-25(17-19-30)28(32)31(21-24-11-5-2-6-12-24)20-15-23-9-3-1-4-10-23/h1-14,25H,15-22H2. The molecule has 32 heavy (non-hydrogen) atoms. The van der Waals surface area contributed by atoms with Crippen molar-refractivity contribution in [3.05, 3.63) is 107 Å². The van der Waals surface area contributed by atoms with Crippen LogP contribution in [0.2, 0.25) is 0 Å². The summed E-state index contributed by atoms with van der Waals surface area (Å²) in [7, 11) is 0. The SMILES string of the molecule is O=C(C1CCN(Cc2ccccc2F)CC1)N(CCc1ccccc1)Cc1ccccc1. The van der Waals surface area contributed by atoms with E-state index in [-0.39, 0.29) is 17.6 Å². The Hall–Kier alpha value is -2.98. The van der Waals surface area contributed by atoms with E-state index in [1.54, 1.807) is 6.07 Å². The topological polar surface area (TPSA) is 23.6 Å². The predicted molar refractivity (Wildman–Crippen MR) is 126 cm³/mol. The van der Waals surface area contributed by atoms with E-state index in [1.807, 2.05) is 53.4 Å². The molecule has 0 spiro atoms. The molecule has 0 N–H and O–H groups in total. The number of benzene rings is 3. The molecule has 1 amide bonds. The Kier molecular flexibility index (Phi) is 7.68. The quantitative estimate of drug-likeness (QED) is 0.484. The molecule has 0 aliphatic carbocycles. The van der Waals surface area contributed by atoms with Crippen molar-refractivity contribution in [3.8, 4) is 0 Å². The van der Waals surface area contributed by atoms with Crippen molar-refractivity contribution in [1.82, 2.24) is 9.80 Å². The van der Waals surface area contributed by atoms with Crippen LogP contribution in [0.1, 0.15) is 29.5 Å². The number of halogens is 1. The molecule has 1 aliphatic heterocycles. The summed E-state index contributed by atoms with van der Waals surface area (Å²) in [4.78, 5) is 17.8. The minimum absolute atomic E-state index is 0.0337. The van der Waals surface area contributed by atoms with Gasteiger partial charge in [0.05, 0.1) is 0 Å². The molecule has 1 saturated heterocycles. The molecule has 3 nitrogen and oxygen atoms in total. The van der Waals surface area contributed by atoms with E-state index in [0.29, 0.717) is 19.6 Å². The van der Waals surface area contributed by atoms with E-state index in [4.69, 9.17) is 0 Å². The maximum absolute atomic E-state index is 14.0. The monoisotopic (exact) mass is 430 g/mol. The summed E-state index contributed by atoms with van der Waals surface area (Å²) >= 11 is 0. The molecule has 0 unspecified atom stereocenters. The summed E-state index contributed by atoms with van der Waals surface area (Å²) in [5.74, 6) is 0.127. The van der Waals surface area contributed by atoms with Crippen LogP contribution < -0.4 is 0 Å². The van der Waals surface area contributed by atoms with Gasteiger partial charge in [-0.3, -0.25) is 9.69 Å². The van der Waals surface area contributed by atoms with Crippen molar-refractivity contribution in [3.63, 3.8) is 0 Å². The summed E-state index contributed by atoms with van der Waals surface area (Å²) in [6.07, 6.45) is 2.50. The van der Waals surface area contributed by atoms with Gasteiger partial charge in [-0.25, -0.2) is 4.39 Å². The average molecular weight is 431 g/mol. The number of rotatable bonds is 8. The molecular formula is C28H31FN2O. The number of carbonyl (C=O) groups is 1. The van der Waals surface area contributed by atoms with Gasteiger partial charge in [0, 0.05) is 31.1 Å². The highest BCUT2D eigenvalue weighted by Gasteiger charge is 2.29. The van der Waals surface area contributed by atoms with Crippen molar-refractivity contribution >= 4 is 5.91 Å². The second-order valence-electron chi connectivity index (χ2n) is 8.62. The fourth-order valence-electron chi connectivity index (χ4n) is 4.44. The third-order valence-electron chi connectivity index (χ3n) is 6.33. The first-order valence-corrected chi connectivity index (χ1v) is 11.5. The van der Waals surface area contributed by atoms with Gasteiger partial charge in [0.2, 0.25) is 5.91 Å². The molecule has 4 heteroatoms. The number of piperidine rings is 1. The maximum atomic E-state index is 14.0. The van der Waals surface area contributed by atoms with E-state index < -0.39 is 0 Å². The Morgan fingerprint density at radius 3 is 2.09 bits per heavy atom. The van der Waals surface area contributed by atoms with Gasteiger partial charge in [0.1, 0.15) is 5.82 Å². The zero-order valence-electron chi connectivity index (χ0n) is 18.5. The molecule has 0 radical (unpaired) electrons. The molecule has 4 rings (SSSR count). The third kappa shape index (κ3) is 6.04. The largest absolute Gasteiger partial charge is 0.338 e. The second kappa shape index (κ2) is 11.1.